The predicted octanol–water partition coefficient (Wildman–Crippen LogP) is 3.47. The minimum Gasteiger partial charge on any atom is -0.396 e. The lowest BCUT2D eigenvalue weighted by Gasteiger charge is -2.42. The number of nitriles is 1. The van der Waals surface area contributed by atoms with Crippen molar-refractivity contribution in [3.05, 3.63) is 79.9 Å². The lowest BCUT2D eigenvalue weighted by molar-refractivity contribution is 0.187. The SMILES string of the molecule is C#Cc1ccc2c(c1)[C@@H](N)C1(CCN(c3cc(=O)n(-c4ccc(C#N)c(N)c4Cl)c(C)n3)CC1)C2. The van der Waals surface area contributed by atoms with Crippen LogP contribution < -0.4 is 21.9 Å². The highest BCUT2D eigenvalue weighted by Gasteiger charge is 2.46. The Bertz CT molecular complexity index is 1490. The van der Waals surface area contributed by atoms with Crippen LogP contribution in [0, 0.1) is 36.0 Å². The molecule has 4 N–H and O–H groups in total. The van der Waals surface area contributed by atoms with Gasteiger partial charge in [-0.1, -0.05) is 23.6 Å². The van der Waals surface area contributed by atoms with Crippen LogP contribution in [0.4, 0.5) is 11.5 Å². The number of aryl methyl sites for hydroxylation is 1. The molecule has 1 aliphatic carbocycles. The van der Waals surface area contributed by atoms with E-state index >= 15 is 0 Å². The van der Waals surface area contributed by atoms with Crippen LogP contribution in [0.2, 0.25) is 5.02 Å². The van der Waals surface area contributed by atoms with Crippen molar-refractivity contribution < 1.29 is 0 Å². The number of benzene rings is 2. The average molecular weight is 485 g/mol. The third-order valence-electron chi connectivity index (χ3n) is 7.53. The monoisotopic (exact) mass is 484 g/mol. The van der Waals surface area contributed by atoms with Gasteiger partial charge in [0.1, 0.15) is 17.7 Å². The van der Waals surface area contributed by atoms with Gasteiger partial charge < -0.3 is 16.4 Å². The molecule has 0 bridgehead atoms. The van der Waals surface area contributed by atoms with Gasteiger partial charge >= 0.3 is 0 Å². The molecule has 35 heavy (non-hydrogen) atoms. The van der Waals surface area contributed by atoms with Crippen molar-refractivity contribution in [3.63, 3.8) is 0 Å². The third kappa shape index (κ3) is 3.65. The summed E-state index contributed by atoms with van der Waals surface area (Å²) in [6.45, 7) is 3.27. The first-order chi connectivity index (χ1) is 16.8. The molecule has 1 spiro atoms. The fourth-order valence-corrected chi connectivity index (χ4v) is 5.76. The van der Waals surface area contributed by atoms with Gasteiger partial charge in [0, 0.05) is 30.8 Å². The third-order valence-corrected chi connectivity index (χ3v) is 7.92. The van der Waals surface area contributed by atoms with Crippen LogP contribution in [-0.4, -0.2) is 22.6 Å². The Morgan fingerprint density at radius 2 is 1.97 bits per heavy atom. The van der Waals surface area contributed by atoms with E-state index in [2.05, 4.69) is 16.9 Å². The molecular formula is C27H25ClN6O. The van der Waals surface area contributed by atoms with Gasteiger partial charge in [-0.05, 0) is 67.0 Å². The van der Waals surface area contributed by atoms with Gasteiger partial charge in [0.25, 0.3) is 5.56 Å². The first-order valence-electron chi connectivity index (χ1n) is 11.5. The Balaban J connectivity index is 1.39. The lowest BCUT2D eigenvalue weighted by Crippen LogP contribution is -2.45. The van der Waals surface area contributed by atoms with Crippen LogP contribution in [0.15, 0.2) is 41.2 Å². The van der Waals surface area contributed by atoms with E-state index < -0.39 is 0 Å². The maximum Gasteiger partial charge on any atom is 0.260 e. The first-order valence-corrected chi connectivity index (χ1v) is 11.8. The zero-order chi connectivity index (χ0) is 24.9. The van der Waals surface area contributed by atoms with Crippen molar-refractivity contribution in [2.75, 3.05) is 23.7 Å². The normalized spacial score (nSPS) is 18.2. The highest BCUT2D eigenvalue weighted by Crippen LogP contribution is 2.51. The van der Waals surface area contributed by atoms with Crippen LogP contribution in [-0.2, 0) is 6.42 Å². The molecule has 1 atom stereocenters. The largest absolute Gasteiger partial charge is 0.396 e. The standard InChI is InChI=1S/C27H25ClN6O/c1-3-17-4-5-18-14-27(26(31)20(18)12-17)8-10-33(11-9-27)22-13-23(35)34(16(2)32-22)21-7-6-19(15-29)25(30)24(21)28/h1,4-7,12-13,26H,8-11,14,30-31H2,2H3/t26-/m1/s1. The van der Waals surface area contributed by atoms with E-state index in [1.807, 2.05) is 18.2 Å². The molecule has 8 heteroatoms. The van der Waals surface area contributed by atoms with Gasteiger partial charge in [-0.25, -0.2) is 4.98 Å². The summed E-state index contributed by atoms with van der Waals surface area (Å²) < 4.78 is 1.42. The van der Waals surface area contributed by atoms with E-state index in [1.165, 1.54) is 16.2 Å². The summed E-state index contributed by atoms with van der Waals surface area (Å²) in [6, 6.07) is 12.8. The van der Waals surface area contributed by atoms with Crippen molar-refractivity contribution >= 4 is 23.1 Å². The molecule has 7 nitrogen and oxygen atoms in total. The van der Waals surface area contributed by atoms with Crippen molar-refractivity contribution in [1.29, 1.82) is 5.26 Å². The Hall–Kier alpha value is -3.78. The van der Waals surface area contributed by atoms with Gasteiger partial charge in [-0.15, -0.1) is 6.42 Å². The molecule has 176 valence electrons. The molecule has 3 aromatic rings. The molecule has 2 aliphatic rings. The second kappa shape index (κ2) is 8.46. The van der Waals surface area contributed by atoms with Crippen molar-refractivity contribution in [2.24, 2.45) is 11.1 Å². The van der Waals surface area contributed by atoms with Gasteiger partial charge in [0.2, 0.25) is 0 Å². The number of fused-ring (bicyclic) bond motifs is 1. The Morgan fingerprint density at radius 1 is 1.23 bits per heavy atom. The Kier molecular flexibility index (Phi) is 5.56. The molecule has 1 aromatic heterocycles. The summed E-state index contributed by atoms with van der Waals surface area (Å²) in [5.41, 5.74) is 16.6. The molecule has 1 aliphatic heterocycles. The number of aromatic nitrogens is 2. The predicted molar refractivity (Wildman–Crippen MR) is 138 cm³/mol. The van der Waals surface area contributed by atoms with Crippen LogP contribution in [0.25, 0.3) is 5.69 Å². The quantitative estimate of drug-likeness (QED) is 0.425. The average Bonchev–Trinajstić information content (AvgIpc) is 3.12. The lowest BCUT2D eigenvalue weighted by atomic mass is 9.73. The number of nitrogens with zero attached hydrogens (tertiary/aromatic N) is 4. The summed E-state index contributed by atoms with van der Waals surface area (Å²) in [5, 5.41) is 9.33. The maximum absolute atomic E-state index is 13.1. The van der Waals surface area contributed by atoms with Crippen LogP contribution in [0.1, 0.15) is 47.0 Å². The molecule has 1 fully saturated rings. The van der Waals surface area contributed by atoms with E-state index in [-0.39, 0.29) is 33.3 Å². The van der Waals surface area contributed by atoms with Crippen molar-refractivity contribution in [1.82, 2.24) is 9.55 Å². The molecule has 1 saturated heterocycles. The van der Waals surface area contributed by atoms with Gasteiger partial charge in [-0.3, -0.25) is 9.36 Å². The summed E-state index contributed by atoms with van der Waals surface area (Å²) >= 11 is 6.39. The van der Waals surface area contributed by atoms with E-state index in [9.17, 15) is 10.1 Å². The molecule has 2 aromatic carbocycles. The first kappa shape index (κ1) is 23.0. The fraction of sp³-hybridized carbons (Fsp3) is 0.296. The van der Waals surface area contributed by atoms with Crippen LogP contribution >= 0.6 is 11.6 Å². The number of hydrogen-bond donors (Lipinski definition) is 2. The van der Waals surface area contributed by atoms with Gasteiger partial charge in [-0.2, -0.15) is 5.26 Å². The molecule has 0 saturated carbocycles. The number of anilines is 2. The van der Waals surface area contributed by atoms with Crippen molar-refractivity contribution in [2.45, 2.75) is 32.2 Å². The molecular weight excluding hydrogens is 460 g/mol. The van der Waals surface area contributed by atoms with Crippen LogP contribution in [0.3, 0.4) is 0 Å². The Morgan fingerprint density at radius 3 is 2.63 bits per heavy atom. The summed E-state index contributed by atoms with van der Waals surface area (Å²) in [4.78, 5) is 20.0. The number of nitrogens with two attached hydrogens (primary N) is 2. The van der Waals surface area contributed by atoms with E-state index in [0.717, 1.165) is 43.5 Å². The zero-order valence-corrected chi connectivity index (χ0v) is 20.1. The van der Waals surface area contributed by atoms with E-state index in [4.69, 9.17) is 34.5 Å². The Labute approximate surface area is 208 Å². The highest BCUT2D eigenvalue weighted by atomic mass is 35.5. The second-order valence-electron chi connectivity index (χ2n) is 9.37. The number of terminal acetylenes is 1. The minimum atomic E-state index is -0.259. The molecule has 2 heterocycles. The summed E-state index contributed by atoms with van der Waals surface area (Å²) in [5.74, 6) is 3.83. The topological polar surface area (TPSA) is 114 Å². The summed E-state index contributed by atoms with van der Waals surface area (Å²) in [7, 11) is 0. The van der Waals surface area contributed by atoms with Crippen molar-refractivity contribution in [3.8, 4) is 24.1 Å². The molecule has 0 unspecified atom stereocenters. The number of hydrogen-bond acceptors (Lipinski definition) is 6. The molecule has 5 rings (SSSR count). The number of halogens is 1. The fourth-order valence-electron chi connectivity index (χ4n) is 5.51. The highest BCUT2D eigenvalue weighted by molar-refractivity contribution is 6.35. The minimum absolute atomic E-state index is 0.0103. The summed E-state index contributed by atoms with van der Waals surface area (Å²) in [6.07, 6.45) is 8.32. The molecule has 0 amide bonds. The van der Waals surface area contributed by atoms with E-state index in [0.29, 0.717) is 17.3 Å². The second-order valence-corrected chi connectivity index (χ2v) is 9.75. The van der Waals surface area contributed by atoms with Gasteiger partial charge in [0.05, 0.1) is 22.0 Å². The van der Waals surface area contributed by atoms with Gasteiger partial charge in [0.15, 0.2) is 0 Å². The molecule has 0 radical (unpaired) electrons. The van der Waals surface area contributed by atoms with E-state index in [1.54, 1.807) is 19.1 Å². The number of nitrogen functional groups attached to an aromatic ring is 1. The number of rotatable bonds is 2. The smallest absolute Gasteiger partial charge is 0.260 e. The number of piperidine rings is 1. The zero-order valence-electron chi connectivity index (χ0n) is 19.4. The van der Waals surface area contributed by atoms with Crippen LogP contribution in [0.5, 0.6) is 0 Å². The maximum atomic E-state index is 13.1.